The van der Waals surface area contributed by atoms with Gasteiger partial charge in [0.1, 0.15) is 6.07 Å². The molecular weight excluding hydrogens is 272 g/mol. The van der Waals surface area contributed by atoms with Crippen molar-refractivity contribution in [2.45, 2.75) is 26.3 Å². The minimum atomic E-state index is 0.429. The first kappa shape index (κ1) is 16.3. The number of benzene rings is 1. The molecule has 2 rings (SSSR count). The Balaban J connectivity index is 2.28. The van der Waals surface area contributed by atoms with Crippen molar-refractivity contribution >= 4 is 16.6 Å². The Morgan fingerprint density at radius 2 is 2.00 bits per heavy atom. The number of nitrogens with one attached hydrogen (secondary N) is 1. The topological polar surface area (TPSA) is 52.0 Å². The molecule has 2 aromatic rings. The van der Waals surface area contributed by atoms with E-state index in [9.17, 15) is 5.26 Å². The minimum Gasteiger partial charge on any atom is -0.382 e. The standard InChI is InChI=1S/C18H24N4/c1-13(2)9-15(22(3)4)12-21-18-14(10-19)11-20-17-8-6-5-7-16(17)18/h5-8,11,13,15H,9,12H2,1-4H3,(H,20,21). The second kappa shape index (κ2) is 7.24. The van der Waals surface area contributed by atoms with Crippen LogP contribution in [0.25, 0.3) is 10.9 Å². The first-order valence-corrected chi connectivity index (χ1v) is 7.71. The van der Waals surface area contributed by atoms with Gasteiger partial charge < -0.3 is 10.2 Å². The summed E-state index contributed by atoms with van der Waals surface area (Å²) in [5, 5.41) is 13.9. The number of nitriles is 1. The molecule has 0 aliphatic carbocycles. The highest BCUT2D eigenvalue weighted by Crippen LogP contribution is 2.25. The Labute approximate surface area is 132 Å². The van der Waals surface area contributed by atoms with Crippen LogP contribution < -0.4 is 5.32 Å². The van der Waals surface area contributed by atoms with E-state index in [1.165, 1.54) is 0 Å². The lowest BCUT2D eigenvalue weighted by Gasteiger charge is -2.27. The molecule has 1 N–H and O–H groups in total. The predicted octanol–water partition coefficient (Wildman–Crippen LogP) is 3.49. The van der Waals surface area contributed by atoms with E-state index in [0.717, 1.165) is 29.6 Å². The Morgan fingerprint density at radius 1 is 1.27 bits per heavy atom. The monoisotopic (exact) mass is 296 g/mol. The Hall–Kier alpha value is -2.12. The van der Waals surface area contributed by atoms with Crippen molar-refractivity contribution in [2.75, 3.05) is 26.0 Å². The molecule has 0 aliphatic rings. The average Bonchev–Trinajstić information content (AvgIpc) is 2.50. The molecule has 0 saturated heterocycles. The van der Waals surface area contributed by atoms with Crippen LogP contribution >= 0.6 is 0 Å². The molecule has 116 valence electrons. The van der Waals surface area contributed by atoms with Crippen LogP contribution in [-0.2, 0) is 0 Å². The molecule has 0 spiro atoms. The summed E-state index contributed by atoms with van der Waals surface area (Å²) in [4.78, 5) is 6.59. The molecule has 0 saturated carbocycles. The van der Waals surface area contributed by atoms with Crippen LogP contribution in [0.5, 0.6) is 0 Å². The number of anilines is 1. The van der Waals surface area contributed by atoms with Crippen molar-refractivity contribution in [1.29, 1.82) is 5.26 Å². The third-order valence-electron chi connectivity index (χ3n) is 3.88. The first-order chi connectivity index (χ1) is 10.5. The van der Waals surface area contributed by atoms with E-state index in [-0.39, 0.29) is 0 Å². The summed E-state index contributed by atoms with van der Waals surface area (Å²) in [7, 11) is 4.20. The quantitative estimate of drug-likeness (QED) is 0.886. The van der Waals surface area contributed by atoms with Crippen molar-refractivity contribution in [3.63, 3.8) is 0 Å². The van der Waals surface area contributed by atoms with Gasteiger partial charge >= 0.3 is 0 Å². The third kappa shape index (κ3) is 3.75. The third-order valence-corrected chi connectivity index (χ3v) is 3.88. The molecule has 1 heterocycles. The van der Waals surface area contributed by atoms with Crippen LogP contribution in [0.2, 0.25) is 0 Å². The normalized spacial score (nSPS) is 12.6. The van der Waals surface area contributed by atoms with Crippen LogP contribution in [0.3, 0.4) is 0 Å². The summed E-state index contributed by atoms with van der Waals surface area (Å²) in [6.45, 7) is 5.28. The minimum absolute atomic E-state index is 0.429. The summed E-state index contributed by atoms with van der Waals surface area (Å²) in [6, 6.07) is 10.6. The number of nitrogens with zero attached hydrogens (tertiary/aromatic N) is 3. The van der Waals surface area contributed by atoms with Crippen LogP contribution in [-0.4, -0.2) is 36.6 Å². The number of likely N-dealkylation sites (N-methyl/N-ethyl adjacent to an activating group) is 1. The van der Waals surface area contributed by atoms with Gasteiger partial charge in [0, 0.05) is 24.2 Å². The van der Waals surface area contributed by atoms with E-state index in [0.29, 0.717) is 17.5 Å². The lowest BCUT2D eigenvalue weighted by atomic mass is 10.0. The summed E-state index contributed by atoms with van der Waals surface area (Å²) < 4.78 is 0. The van der Waals surface area contributed by atoms with Gasteiger partial charge in [-0.1, -0.05) is 32.0 Å². The van der Waals surface area contributed by atoms with Gasteiger partial charge in [-0.25, -0.2) is 0 Å². The molecule has 1 atom stereocenters. The number of aromatic nitrogens is 1. The lowest BCUT2D eigenvalue weighted by molar-refractivity contribution is 0.266. The maximum Gasteiger partial charge on any atom is 0.103 e. The van der Waals surface area contributed by atoms with Gasteiger partial charge in [-0.2, -0.15) is 5.26 Å². The fourth-order valence-electron chi connectivity index (χ4n) is 2.66. The molecule has 1 unspecified atom stereocenters. The first-order valence-electron chi connectivity index (χ1n) is 7.71. The zero-order valence-electron chi connectivity index (χ0n) is 13.8. The fraction of sp³-hybridized carbons (Fsp3) is 0.444. The summed E-state index contributed by atoms with van der Waals surface area (Å²) in [6.07, 6.45) is 2.77. The molecule has 4 nitrogen and oxygen atoms in total. The van der Waals surface area contributed by atoms with E-state index in [1.54, 1.807) is 6.20 Å². The molecular formula is C18H24N4. The lowest BCUT2D eigenvalue weighted by Crippen LogP contribution is -2.35. The van der Waals surface area contributed by atoms with Crippen molar-refractivity contribution < 1.29 is 0 Å². The van der Waals surface area contributed by atoms with Gasteiger partial charge in [0.2, 0.25) is 0 Å². The van der Waals surface area contributed by atoms with Gasteiger partial charge in [-0.15, -0.1) is 0 Å². The van der Waals surface area contributed by atoms with E-state index in [1.807, 2.05) is 24.3 Å². The molecule has 4 heteroatoms. The van der Waals surface area contributed by atoms with Crippen molar-refractivity contribution in [3.05, 3.63) is 36.0 Å². The average molecular weight is 296 g/mol. The highest BCUT2D eigenvalue weighted by Gasteiger charge is 2.15. The van der Waals surface area contributed by atoms with E-state index in [4.69, 9.17) is 0 Å². The number of pyridine rings is 1. The molecule has 0 bridgehead atoms. The van der Waals surface area contributed by atoms with Crippen LogP contribution in [0.15, 0.2) is 30.5 Å². The SMILES string of the molecule is CC(C)CC(CNc1c(C#N)cnc2ccccc12)N(C)C. The maximum atomic E-state index is 9.36. The summed E-state index contributed by atoms with van der Waals surface area (Å²) in [5.41, 5.74) is 2.40. The fourth-order valence-corrected chi connectivity index (χ4v) is 2.66. The zero-order chi connectivity index (χ0) is 16.1. The molecule has 0 fully saturated rings. The van der Waals surface area contributed by atoms with E-state index in [2.05, 4.69) is 49.2 Å². The Morgan fingerprint density at radius 3 is 2.64 bits per heavy atom. The largest absolute Gasteiger partial charge is 0.382 e. The predicted molar refractivity (Wildman–Crippen MR) is 91.9 cm³/mol. The number of rotatable bonds is 6. The molecule has 0 amide bonds. The van der Waals surface area contributed by atoms with Gasteiger partial charge in [0.15, 0.2) is 0 Å². The van der Waals surface area contributed by atoms with Gasteiger partial charge in [0.05, 0.1) is 16.8 Å². The maximum absolute atomic E-state index is 9.36. The highest BCUT2D eigenvalue weighted by atomic mass is 15.1. The van der Waals surface area contributed by atoms with Gasteiger partial charge in [0.25, 0.3) is 0 Å². The second-order valence-corrected chi connectivity index (χ2v) is 6.30. The Bertz CT molecular complexity index is 670. The molecule has 0 radical (unpaired) electrons. The molecule has 1 aromatic heterocycles. The zero-order valence-corrected chi connectivity index (χ0v) is 13.8. The smallest absolute Gasteiger partial charge is 0.103 e. The second-order valence-electron chi connectivity index (χ2n) is 6.30. The number of fused-ring (bicyclic) bond motifs is 1. The molecule has 22 heavy (non-hydrogen) atoms. The number of hydrogen-bond acceptors (Lipinski definition) is 4. The van der Waals surface area contributed by atoms with E-state index >= 15 is 0 Å². The summed E-state index contributed by atoms with van der Waals surface area (Å²) >= 11 is 0. The number of para-hydroxylation sites is 1. The Kier molecular flexibility index (Phi) is 5.35. The van der Waals surface area contributed by atoms with E-state index < -0.39 is 0 Å². The summed E-state index contributed by atoms with van der Waals surface area (Å²) in [5.74, 6) is 0.638. The van der Waals surface area contributed by atoms with Crippen LogP contribution in [0, 0.1) is 17.2 Å². The molecule has 0 aliphatic heterocycles. The van der Waals surface area contributed by atoms with Crippen LogP contribution in [0.1, 0.15) is 25.8 Å². The van der Waals surface area contributed by atoms with Crippen molar-refractivity contribution in [2.24, 2.45) is 5.92 Å². The van der Waals surface area contributed by atoms with Crippen LogP contribution in [0.4, 0.5) is 5.69 Å². The van der Waals surface area contributed by atoms with Crippen molar-refractivity contribution in [1.82, 2.24) is 9.88 Å². The molecule has 1 aromatic carbocycles. The van der Waals surface area contributed by atoms with Gasteiger partial charge in [-0.05, 0) is 32.5 Å². The van der Waals surface area contributed by atoms with Crippen molar-refractivity contribution in [3.8, 4) is 6.07 Å². The van der Waals surface area contributed by atoms with Gasteiger partial charge in [-0.3, -0.25) is 4.98 Å². The highest BCUT2D eigenvalue weighted by molar-refractivity contribution is 5.93. The number of hydrogen-bond donors (Lipinski definition) is 1.